The molecule has 1 aliphatic heterocycles. The third kappa shape index (κ3) is 6.36. The van der Waals surface area contributed by atoms with Crippen molar-refractivity contribution in [3.8, 4) is 0 Å². The van der Waals surface area contributed by atoms with Crippen molar-refractivity contribution in [2.75, 3.05) is 13.1 Å². The SMILES string of the molecule is CC(C)CCC(=O)N([C@@H](CCCc1ccccc1)C(=O)NO)N1C(=O)CNCC1=O. The van der Waals surface area contributed by atoms with Crippen molar-refractivity contribution in [1.29, 1.82) is 0 Å². The summed E-state index contributed by atoms with van der Waals surface area (Å²) in [4.78, 5) is 50.4. The largest absolute Gasteiger partial charge is 0.300 e. The van der Waals surface area contributed by atoms with E-state index in [9.17, 15) is 24.4 Å². The van der Waals surface area contributed by atoms with Crippen LogP contribution < -0.4 is 10.8 Å². The van der Waals surface area contributed by atoms with Gasteiger partial charge in [-0.25, -0.2) is 10.5 Å². The van der Waals surface area contributed by atoms with Gasteiger partial charge >= 0.3 is 0 Å². The van der Waals surface area contributed by atoms with E-state index >= 15 is 0 Å². The second-order valence-corrected chi connectivity index (χ2v) is 7.74. The lowest BCUT2D eigenvalue weighted by atomic mass is 10.0. The van der Waals surface area contributed by atoms with E-state index < -0.39 is 29.7 Å². The highest BCUT2D eigenvalue weighted by molar-refractivity contribution is 6.02. The van der Waals surface area contributed by atoms with Crippen molar-refractivity contribution >= 4 is 23.6 Å². The lowest BCUT2D eigenvalue weighted by molar-refractivity contribution is -0.182. The number of hydrogen-bond acceptors (Lipinski definition) is 6. The van der Waals surface area contributed by atoms with E-state index in [0.717, 1.165) is 15.6 Å². The Balaban J connectivity index is 2.26. The van der Waals surface area contributed by atoms with Gasteiger partial charge in [-0.05, 0) is 37.2 Å². The summed E-state index contributed by atoms with van der Waals surface area (Å²) in [6.45, 7) is 3.68. The molecule has 0 saturated carbocycles. The fourth-order valence-corrected chi connectivity index (χ4v) is 3.34. The van der Waals surface area contributed by atoms with Gasteiger partial charge < -0.3 is 0 Å². The molecule has 1 aromatic carbocycles. The summed E-state index contributed by atoms with van der Waals surface area (Å²) in [7, 11) is 0. The van der Waals surface area contributed by atoms with E-state index in [-0.39, 0.29) is 31.8 Å². The third-order valence-corrected chi connectivity index (χ3v) is 4.93. The highest BCUT2D eigenvalue weighted by Gasteiger charge is 2.40. The van der Waals surface area contributed by atoms with Crippen LogP contribution in [0.3, 0.4) is 0 Å². The number of carbonyl (C=O) groups excluding carboxylic acids is 4. The number of piperazine rings is 1. The molecular formula is C21H30N4O5. The second-order valence-electron chi connectivity index (χ2n) is 7.74. The summed E-state index contributed by atoms with van der Waals surface area (Å²) < 4.78 is 0. The standard InChI is InChI=1S/C21H30N4O5/c1-15(2)11-12-18(26)24(25-19(27)13-22-14-20(25)28)17(21(29)23-30)10-6-9-16-7-4-3-5-8-16/h3-5,7-8,15,17,22,30H,6,9-14H2,1-2H3,(H,23,29)/t17-/m0/s1. The molecule has 0 unspecified atom stereocenters. The first-order chi connectivity index (χ1) is 14.3. The Morgan fingerprint density at radius 1 is 1.13 bits per heavy atom. The minimum atomic E-state index is -1.18. The number of nitrogens with one attached hydrogen (secondary N) is 2. The van der Waals surface area contributed by atoms with Gasteiger partial charge in [0.2, 0.25) is 5.91 Å². The summed E-state index contributed by atoms with van der Waals surface area (Å²) in [6.07, 6.45) is 1.97. The van der Waals surface area contributed by atoms with E-state index in [2.05, 4.69) is 5.32 Å². The molecule has 9 heteroatoms. The monoisotopic (exact) mass is 418 g/mol. The predicted octanol–water partition coefficient (Wildman–Crippen LogP) is 1.02. The molecule has 9 nitrogen and oxygen atoms in total. The normalized spacial score (nSPS) is 15.3. The quantitative estimate of drug-likeness (QED) is 0.297. The maximum Gasteiger partial charge on any atom is 0.268 e. The lowest BCUT2D eigenvalue weighted by Gasteiger charge is -2.39. The number of hydrazine groups is 1. The molecule has 0 radical (unpaired) electrons. The average Bonchev–Trinajstić information content (AvgIpc) is 2.73. The van der Waals surface area contributed by atoms with Gasteiger partial charge in [0.25, 0.3) is 17.7 Å². The van der Waals surface area contributed by atoms with Gasteiger partial charge in [0.05, 0.1) is 13.1 Å². The summed E-state index contributed by atoms with van der Waals surface area (Å²) >= 11 is 0. The van der Waals surface area contributed by atoms with Crippen molar-refractivity contribution in [3.63, 3.8) is 0 Å². The molecule has 164 valence electrons. The topological polar surface area (TPSA) is 119 Å². The molecule has 4 amide bonds. The van der Waals surface area contributed by atoms with E-state index in [4.69, 9.17) is 0 Å². The summed E-state index contributed by atoms with van der Waals surface area (Å²) in [6, 6.07) is 8.46. The number of imide groups is 1. The molecule has 0 bridgehead atoms. The van der Waals surface area contributed by atoms with Gasteiger partial charge in [-0.15, -0.1) is 0 Å². The van der Waals surface area contributed by atoms with Crippen LogP contribution >= 0.6 is 0 Å². The molecular weight excluding hydrogens is 388 g/mol. The van der Waals surface area contributed by atoms with Crippen molar-refractivity contribution in [2.45, 2.75) is 52.0 Å². The molecule has 1 heterocycles. The molecule has 0 aromatic heterocycles. The first-order valence-electron chi connectivity index (χ1n) is 10.2. The number of hydrogen-bond donors (Lipinski definition) is 3. The first-order valence-corrected chi connectivity index (χ1v) is 10.2. The lowest BCUT2D eigenvalue weighted by Crippen LogP contribution is -2.65. The van der Waals surface area contributed by atoms with Gasteiger partial charge in [-0.1, -0.05) is 44.2 Å². The van der Waals surface area contributed by atoms with E-state index in [0.29, 0.717) is 19.3 Å². The molecule has 1 aromatic rings. The zero-order valence-corrected chi connectivity index (χ0v) is 17.5. The number of benzene rings is 1. The van der Waals surface area contributed by atoms with Crippen molar-refractivity contribution < 1.29 is 24.4 Å². The smallest absolute Gasteiger partial charge is 0.268 e. The van der Waals surface area contributed by atoms with E-state index in [1.54, 1.807) is 5.48 Å². The molecule has 30 heavy (non-hydrogen) atoms. The Morgan fingerprint density at radius 2 is 1.77 bits per heavy atom. The summed E-state index contributed by atoms with van der Waals surface area (Å²) in [5.74, 6) is -2.32. The second kappa shape index (κ2) is 11.4. The van der Waals surface area contributed by atoms with Crippen molar-refractivity contribution in [3.05, 3.63) is 35.9 Å². The predicted molar refractivity (Wildman–Crippen MR) is 109 cm³/mol. The molecule has 2 rings (SSSR count). The Labute approximate surface area is 176 Å². The van der Waals surface area contributed by atoms with Crippen LogP contribution in [0.2, 0.25) is 0 Å². The number of nitrogens with zero attached hydrogens (tertiary/aromatic N) is 2. The minimum Gasteiger partial charge on any atom is -0.300 e. The van der Waals surface area contributed by atoms with E-state index in [1.165, 1.54) is 0 Å². The fraction of sp³-hybridized carbons (Fsp3) is 0.524. The summed E-state index contributed by atoms with van der Waals surface area (Å²) in [5, 5.41) is 13.7. The molecule has 0 spiro atoms. The molecule has 0 aliphatic carbocycles. The molecule has 1 atom stereocenters. The zero-order chi connectivity index (χ0) is 22.1. The van der Waals surface area contributed by atoms with Crippen LogP contribution in [0.5, 0.6) is 0 Å². The number of carbonyl (C=O) groups is 4. The van der Waals surface area contributed by atoms with Crippen LogP contribution in [0.15, 0.2) is 30.3 Å². The Kier molecular flexibility index (Phi) is 8.94. The van der Waals surface area contributed by atoms with Gasteiger partial charge in [-0.3, -0.25) is 29.7 Å². The van der Waals surface area contributed by atoms with Gasteiger partial charge in [-0.2, -0.15) is 5.01 Å². The summed E-state index contributed by atoms with van der Waals surface area (Å²) in [5.41, 5.74) is 2.65. The van der Waals surface area contributed by atoms with Crippen LogP contribution in [-0.2, 0) is 25.6 Å². The van der Waals surface area contributed by atoms with E-state index in [1.807, 2.05) is 44.2 Å². The average molecular weight is 418 g/mol. The number of aryl methyl sites for hydroxylation is 1. The van der Waals surface area contributed by atoms with Crippen LogP contribution in [0, 0.1) is 5.92 Å². The number of hydroxylamine groups is 1. The highest BCUT2D eigenvalue weighted by Crippen LogP contribution is 2.19. The van der Waals surface area contributed by atoms with Crippen LogP contribution in [0.25, 0.3) is 0 Å². The van der Waals surface area contributed by atoms with Gasteiger partial charge in [0.15, 0.2) is 0 Å². The minimum absolute atomic E-state index is 0.0794. The van der Waals surface area contributed by atoms with Crippen LogP contribution in [-0.4, -0.2) is 58.0 Å². The van der Waals surface area contributed by atoms with Gasteiger partial charge in [0.1, 0.15) is 6.04 Å². The van der Waals surface area contributed by atoms with Crippen LogP contribution in [0.4, 0.5) is 0 Å². The maximum absolute atomic E-state index is 13.0. The fourth-order valence-electron chi connectivity index (χ4n) is 3.34. The van der Waals surface area contributed by atoms with Crippen LogP contribution in [0.1, 0.15) is 45.1 Å². The van der Waals surface area contributed by atoms with Gasteiger partial charge in [0, 0.05) is 6.42 Å². The molecule has 1 saturated heterocycles. The Hall–Kier alpha value is -2.78. The molecule has 1 aliphatic rings. The van der Waals surface area contributed by atoms with Crippen molar-refractivity contribution in [2.24, 2.45) is 5.92 Å². The highest BCUT2D eigenvalue weighted by atomic mass is 16.5. The number of amides is 4. The first kappa shape index (κ1) is 23.5. The molecule has 3 N–H and O–H groups in total. The zero-order valence-electron chi connectivity index (χ0n) is 17.5. The molecule has 1 fully saturated rings. The Morgan fingerprint density at radius 3 is 2.33 bits per heavy atom. The maximum atomic E-state index is 13.0. The Bertz CT molecular complexity index is 737. The third-order valence-electron chi connectivity index (χ3n) is 4.93. The van der Waals surface area contributed by atoms with Crippen molar-refractivity contribution in [1.82, 2.24) is 20.8 Å². The number of rotatable bonds is 10.